The fourth-order valence-corrected chi connectivity index (χ4v) is 2.00. The van der Waals surface area contributed by atoms with Gasteiger partial charge < -0.3 is 10.1 Å². The zero-order chi connectivity index (χ0) is 12.3. The average Bonchev–Trinajstić information content (AvgIpc) is 2.76. The first kappa shape index (κ1) is 12.3. The Bertz CT molecular complexity index is 417. The highest BCUT2D eigenvalue weighted by atomic mass is 35.5. The molecular weight excluding hydrogens is 240 g/mol. The molecule has 1 aromatic heterocycles. The van der Waals surface area contributed by atoms with Gasteiger partial charge in [-0.25, -0.2) is 4.98 Å². The zero-order valence-corrected chi connectivity index (χ0v) is 10.5. The lowest BCUT2D eigenvalue weighted by molar-refractivity contribution is -0.118. The molecule has 1 aliphatic rings. The molecule has 1 atom stereocenters. The molecule has 17 heavy (non-hydrogen) atoms. The van der Waals surface area contributed by atoms with Gasteiger partial charge in [-0.15, -0.1) is 0 Å². The summed E-state index contributed by atoms with van der Waals surface area (Å²) in [5.41, 5.74) is 1.52. The fourth-order valence-electron chi connectivity index (χ4n) is 1.85. The van der Waals surface area contributed by atoms with E-state index in [2.05, 4.69) is 10.3 Å². The molecule has 2 rings (SSSR count). The maximum absolute atomic E-state index is 11.8. The highest BCUT2D eigenvalue weighted by Crippen LogP contribution is 2.21. The second-order valence-corrected chi connectivity index (χ2v) is 4.60. The molecule has 4 nitrogen and oxygen atoms in total. The number of carbonyl (C=O) groups excluding carboxylic acids is 1. The molecule has 2 heterocycles. The van der Waals surface area contributed by atoms with Gasteiger partial charge in [-0.2, -0.15) is 0 Å². The summed E-state index contributed by atoms with van der Waals surface area (Å²) >= 11 is 5.90. The van der Waals surface area contributed by atoms with Crippen molar-refractivity contribution in [1.29, 1.82) is 0 Å². The van der Waals surface area contributed by atoms with E-state index in [-0.39, 0.29) is 12.0 Å². The van der Waals surface area contributed by atoms with Gasteiger partial charge in [-0.1, -0.05) is 11.6 Å². The van der Waals surface area contributed by atoms with Gasteiger partial charge >= 0.3 is 0 Å². The van der Waals surface area contributed by atoms with E-state index >= 15 is 0 Å². The third kappa shape index (κ3) is 3.41. The molecule has 1 aliphatic heterocycles. The van der Waals surface area contributed by atoms with Crippen molar-refractivity contribution >= 4 is 23.2 Å². The number of aryl methyl sites for hydroxylation is 1. The summed E-state index contributed by atoms with van der Waals surface area (Å²) in [6.07, 6.45) is 4.08. The summed E-state index contributed by atoms with van der Waals surface area (Å²) in [5, 5.41) is 3.08. The lowest BCUT2D eigenvalue weighted by Gasteiger charge is -2.10. The fraction of sp³-hybridized carbons (Fsp3) is 0.500. The van der Waals surface area contributed by atoms with Gasteiger partial charge in [0.25, 0.3) is 0 Å². The number of anilines is 1. The van der Waals surface area contributed by atoms with E-state index in [1.54, 1.807) is 6.20 Å². The highest BCUT2D eigenvalue weighted by molar-refractivity contribution is 6.32. The molecule has 0 saturated carbocycles. The summed E-state index contributed by atoms with van der Waals surface area (Å²) in [7, 11) is 0. The van der Waals surface area contributed by atoms with Crippen LogP contribution in [-0.4, -0.2) is 23.6 Å². The number of halogens is 1. The zero-order valence-electron chi connectivity index (χ0n) is 9.70. The van der Waals surface area contributed by atoms with E-state index in [1.807, 2.05) is 13.0 Å². The van der Waals surface area contributed by atoms with E-state index in [1.165, 1.54) is 0 Å². The minimum Gasteiger partial charge on any atom is -0.378 e. The standard InChI is InChI=1S/C12H15ClN2O2/c1-8-5-10(12(13)14-7-8)15-11(16)6-9-3-2-4-17-9/h5,7,9H,2-4,6H2,1H3,(H,15,16). The summed E-state index contributed by atoms with van der Waals surface area (Å²) in [5.74, 6) is -0.0776. The first-order valence-corrected chi connectivity index (χ1v) is 6.06. The molecule has 0 aromatic carbocycles. The van der Waals surface area contributed by atoms with Crippen LogP contribution in [0.5, 0.6) is 0 Å². The SMILES string of the molecule is Cc1cnc(Cl)c(NC(=O)CC2CCCO2)c1. The topological polar surface area (TPSA) is 51.2 Å². The Balaban J connectivity index is 1.95. The summed E-state index contributed by atoms with van der Waals surface area (Å²) < 4.78 is 5.41. The van der Waals surface area contributed by atoms with E-state index in [4.69, 9.17) is 16.3 Å². The third-order valence-electron chi connectivity index (χ3n) is 2.69. The Labute approximate surface area is 105 Å². The van der Waals surface area contributed by atoms with Crippen molar-refractivity contribution in [3.05, 3.63) is 23.0 Å². The Morgan fingerprint density at radius 2 is 2.53 bits per heavy atom. The number of pyridine rings is 1. The molecule has 92 valence electrons. The van der Waals surface area contributed by atoms with Crippen LogP contribution in [0.25, 0.3) is 0 Å². The third-order valence-corrected chi connectivity index (χ3v) is 2.99. The molecule has 5 heteroatoms. The Morgan fingerprint density at radius 1 is 1.71 bits per heavy atom. The van der Waals surface area contributed by atoms with Gasteiger partial charge in [0.15, 0.2) is 5.15 Å². The van der Waals surface area contributed by atoms with Gasteiger partial charge in [-0.05, 0) is 31.4 Å². The number of nitrogens with zero attached hydrogens (tertiary/aromatic N) is 1. The molecule has 0 aliphatic carbocycles. The first-order valence-electron chi connectivity index (χ1n) is 5.69. The van der Waals surface area contributed by atoms with Crippen molar-refractivity contribution in [3.63, 3.8) is 0 Å². The van der Waals surface area contributed by atoms with Crippen LogP contribution in [0, 0.1) is 6.92 Å². The molecule has 1 fully saturated rings. The van der Waals surface area contributed by atoms with E-state index < -0.39 is 0 Å². The molecule has 0 spiro atoms. The smallest absolute Gasteiger partial charge is 0.227 e. The number of hydrogen-bond donors (Lipinski definition) is 1. The maximum Gasteiger partial charge on any atom is 0.227 e. The van der Waals surface area contributed by atoms with Gasteiger partial charge in [0.1, 0.15) is 0 Å². The highest BCUT2D eigenvalue weighted by Gasteiger charge is 2.19. The molecular formula is C12H15ClN2O2. The largest absolute Gasteiger partial charge is 0.378 e. The average molecular weight is 255 g/mol. The van der Waals surface area contributed by atoms with Crippen molar-refractivity contribution in [2.24, 2.45) is 0 Å². The van der Waals surface area contributed by atoms with Crippen LogP contribution in [-0.2, 0) is 9.53 Å². The van der Waals surface area contributed by atoms with Crippen molar-refractivity contribution in [1.82, 2.24) is 4.98 Å². The molecule has 1 N–H and O–H groups in total. The lowest BCUT2D eigenvalue weighted by atomic mass is 10.2. The maximum atomic E-state index is 11.8. The Hall–Kier alpha value is -1.13. The van der Waals surface area contributed by atoms with E-state index in [0.29, 0.717) is 17.3 Å². The van der Waals surface area contributed by atoms with Gasteiger partial charge in [0.05, 0.1) is 18.2 Å². The predicted octanol–water partition coefficient (Wildman–Crippen LogP) is 2.55. The molecule has 1 amide bonds. The van der Waals surface area contributed by atoms with E-state index in [9.17, 15) is 4.79 Å². The molecule has 1 saturated heterocycles. The number of amides is 1. The van der Waals surface area contributed by atoms with Crippen LogP contribution in [0.4, 0.5) is 5.69 Å². The van der Waals surface area contributed by atoms with Gasteiger partial charge in [0.2, 0.25) is 5.91 Å². The Morgan fingerprint density at radius 3 is 3.24 bits per heavy atom. The lowest BCUT2D eigenvalue weighted by Crippen LogP contribution is -2.19. The minimum atomic E-state index is -0.0776. The summed E-state index contributed by atoms with van der Waals surface area (Å²) in [6.45, 7) is 2.66. The number of rotatable bonds is 3. The number of aromatic nitrogens is 1. The van der Waals surface area contributed by atoms with Crippen molar-refractivity contribution in [2.45, 2.75) is 32.3 Å². The normalized spacial score (nSPS) is 19.3. The molecule has 1 aromatic rings. The van der Waals surface area contributed by atoms with Crippen LogP contribution < -0.4 is 5.32 Å². The number of nitrogens with one attached hydrogen (secondary N) is 1. The van der Waals surface area contributed by atoms with Gasteiger partial charge in [0, 0.05) is 12.8 Å². The predicted molar refractivity (Wildman–Crippen MR) is 66.2 cm³/mol. The van der Waals surface area contributed by atoms with Crippen LogP contribution >= 0.6 is 11.6 Å². The van der Waals surface area contributed by atoms with Crippen LogP contribution in [0.3, 0.4) is 0 Å². The molecule has 0 radical (unpaired) electrons. The van der Waals surface area contributed by atoms with Crippen molar-refractivity contribution in [2.75, 3.05) is 11.9 Å². The second kappa shape index (κ2) is 5.47. The van der Waals surface area contributed by atoms with Gasteiger partial charge in [-0.3, -0.25) is 4.79 Å². The first-order chi connectivity index (χ1) is 8.15. The number of hydrogen-bond acceptors (Lipinski definition) is 3. The van der Waals surface area contributed by atoms with Crippen molar-refractivity contribution in [3.8, 4) is 0 Å². The van der Waals surface area contributed by atoms with Crippen LogP contribution in [0.2, 0.25) is 5.15 Å². The van der Waals surface area contributed by atoms with Crippen LogP contribution in [0.15, 0.2) is 12.3 Å². The molecule has 0 bridgehead atoms. The number of ether oxygens (including phenoxy) is 1. The molecule has 1 unspecified atom stereocenters. The number of carbonyl (C=O) groups is 1. The van der Waals surface area contributed by atoms with Crippen LogP contribution in [0.1, 0.15) is 24.8 Å². The Kier molecular flexibility index (Phi) is 3.97. The monoisotopic (exact) mass is 254 g/mol. The second-order valence-electron chi connectivity index (χ2n) is 4.24. The summed E-state index contributed by atoms with van der Waals surface area (Å²) in [4.78, 5) is 15.7. The quantitative estimate of drug-likeness (QED) is 0.844. The summed E-state index contributed by atoms with van der Waals surface area (Å²) in [6, 6.07) is 1.81. The van der Waals surface area contributed by atoms with Crippen molar-refractivity contribution < 1.29 is 9.53 Å². The minimum absolute atomic E-state index is 0.0477. The van der Waals surface area contributed by atoms with E-state index in [0.717, 1.165) is 25.0 Å².